The highest BCUT2D eigenvalue weighted by atomic mass is 14.1. The molecule has 0 fully saturated rings. The lowest BCUT2D eigenvalue weighted by molar-refractivity contribution is 1.38. The lowest BCUT2D eigenvalue weighted by atomic mass is 9.97. The Kier molecular flexibility index (Phi) is 2.87. The Bertz CT molecular complexity index is 731. The second kappa shape index (κ2) is 4.55. The van der Waals surface area contributed by atoms with Gasteiger partial charge in [0.15, 0.2) is 0 Å². The van der Waals surface area contributed by atoms with Crippen LogP contribution in [-0.2, 0) is 0 Å². The van der Waals surface area contributed by atoms with E-state index in [1.54, 1.807) is 0 Å². The molecule has 94 valence electrons. The molecule has 0 amide bonds. The van der Waals surface area contributed by atoms with Crippen LogP contribution in [0.15, 0.2) is 54.6 Å². The molecule has 0 aliphatic carbocycles. The monoisotopic (exact) mass is 246 g/mol. The first-order chi connectivity index (χ1) is 9.11. The van der Waals surface area contributed by atoms with Crippen molar-refractivity contribution in [3.8, 4) is 11.1 Å². The minimum absolute atomic E-state index is 1.30. The molecule has 0 unspecified atom stereocenters. The second-order valence-corrected chi connectivity index (χ2v) is 5.44. The molecular weight excluding hydrogens is 228 g/mol. The van der Waals surface area contributed by atoms with Crippen LogP contribution in [0.1, 0.15) is 16.7 Å². The van der Waals surface area contributed by atoms with E-state index < -0.39 is 0 Å². The van der Waals surface area contributed by atoms with Crippen molar-refractivity contribution in [3.63, 3.8) is 0 Å². The van der Waals surface area contributed by atoms with Crippen molar-refractivity contribution in [1.82, 2.24) is 0 Å². The van der Waals surface area contributed by atoms with Crippen molar-refractivity contribution in [2.45, 2.75) is 20.8 Å². The van der Waals surface area contributed by atoms with Crippen molar-refractivity contribution in [1.29, 1.82) is 0 Å². The number of aryl methyl sites for hydroxylation is 3. The van der Waals surface area contributed by atoms with Crippen molar-refractivity contribution >= 4 is 10.8 Å². The van der Waals surface area contributed by atoms with E-state index in [2.05, 4.69) is 75.4 Å². The zero-order valence-corrected chi connectivity index (χ0v) is 11.7. The molecule has 0 aliphatic rings. The Morgan fingerprint density at radius 2 is 1.16 bits per heavy atom. The maximum atomic E-state index is 2.29. The van der Waals surface area contributed by atoms with Crippen LogP contribution in [0.4, 0.5) is 0 Å². The summed E-state index contributed by atoms with van der Waals surface area (Å²) in [6, 6.07) is 20.0. The SMILES string of the molecule is Cc1cc(C)cc(-c2ccc3ccc(C)cc3c2)c1. The maximum Gasteiger partial charge on any atom is -0.0175 e. The van der Waals surface area contributed by atoms with Gasteiger partial charge >= 0.3 is 0 Å². The van der Waals surface area contributed by atoms with E-state index in [1.807, 2.05) is 0 Å². The average Bonchev–Trinajstić information content (AvgIpc) is 2.36. The van der Waals surface area contributed by atoms with Crippen LogP contribution >= 0.6 is 0 Å². The van der Waals surface area contributed by atoms with Gasteiger partial charge in [-0.15, -0.1) is 0 Å². The molecule has 3 aromatic rings. The largest absolute Gasteiger partial charge is 0.0587 e. The molecule has 0 aliphatic heterocycles. The number of hydrogen-bond donors (Lipinski definition) is 0. The molecule has 0 N–H and O–H groups in total. The first kappa shape index (κ1) is 12.0. The Hall–Kier alpha value is -2.08. The summed E-state index contributed by atoms with van der Waals surface area (Å²) in [4.78, 5) is 0. The van der Waals surface area contributed by atoms with Gasteiger partial charge in [-0.25, -0.2) is 0 Å². The normalized spacial score (nSPS) is 10.9. The zero-order chi connectivity index (χ0) is 13.4. The summed E-state index contributed by atoms with van der Waals surface area (Å²) in [5.74, 6) is 0. The van der Waals surface area contributed by atoms with Crippen LogP contribution in [0.2, 0.25) is 0 Å². The van der Waals surface area contributed by atoms with Gasteiger partial charge in [-0.2, -0.15) is 0 Å². The number of rotatable bonds is 1. The lowest BCUT2D eigenvalue weighted by Gasteiger charge is -2.07. The highest BCUT2D eigenvalue weighted by Crippen LogP contribution is 2.26. The van der Waals surface area contributed by atoms with Crippen LogP contribution in [0.5, 0.6) is 0 Å². The lowest BCUT2D eigenvalue weighted by Crippen LogP contribution is -1.84. The van der Waals surface area contributed by atoms with Gasteiger partial charge in [0, 0.05) is 0 Å². The fraction of sp³-hybridized carbons (Fsp3) is 0.158. The van der Waals surface area contributed by atoms with Crippen LogP contribution < -0.4 is 0 Å². The van der Waals surface area contributed by atoms with E-state index in [4.69, 9.17) is 0 Å². The van der Waals surface area contributed by atoms with E-state index in [0.29, 0.717) is 0 Å². The first-order valence-corrected chi connectivity index (χ1v) is 6.71. The van der Waals surface area contributed by atoms with Gasteiger partial charge in [-0.05, 0) is 48.7 Å². The van der Waals surface area contributed by atoms with Gasteiger partial charge in [0.05, 0.1) is 0 Å². The third kappa shape index (κ3) is 2.39. The summed E-state index contributed by atoms with van der Waals surface area (Å²) >= 11 is 0. The fourth-order valence-corrected chi connectivity index (χ4v) is 2.69. The Morgan fingerprint density at radius 3 is 1.89 bits per heavy atom. The van der Waals surface area contributed by atoms with Crippen molar-refractivity contribution in [2.75, 3.05) is 0 Å². The highest BCUT2D eigenvalue weighted by Gasteiger charge is 2.02. The summed E-state index contributed by atoms with van der Waals surface area (Å²) in [6.07, 6.45) is 0. The minimum Gasteiger partial charge on any atom is -0.0587 e. The van der Waals surface area contributed by atoms with E-state index in [9.17, 15) is 0 Å². The average molecular weight is 246 g/mol. The molecule has 0 bridgehead atoms. The quantitative estimate of drug-likeness (QED) is 0.537. The molecule has 0 atom stereocenters. The molecule has 3 rings (SSSR count). The van der Waals surface area contributed by atoms with E-state index in [1.165, 1.54) is 38.6 Å². The fourth-order valence-electron chi connectivity index (χ4n) is 2.69. The van der Waals surface area contributed by atoms with Gasteiger partial charge in [0.25, 0.3) is 0 Å². The van der Waals surface area contributed by atoms with Crippen molar-refractivity contribution in [3.05, 3.63) is 71.3 Å². The van der Waals surface area contributed by atoms with E-state index in [-0.39, 0.29) is 0 Å². The van der Waals surface area contributed by atoms with E-state index in [0.717, 1.165) is 0 Å². The summed E-state index contributed by atoms with van der Waals surface area (Å²) < 4.78 is 0. The smallest absolute Gasteiger partial charge is 0.0175 e. The Labute approximate surface area is 114 Å². The molecule has 0 heterocycles. The minimum atomic E-state index is 1.30. The van der Waals surface area contributed by atoms with Crippen molar-refractivity contribution in [2.24, 2.45) is 0 Å². The summed E-state index contributed by atoms with van der Waals surface area (Å²) in [5, 5.41) is 2.62. The van der Waals surface area contributed by atoms with Crippen LogP contribution in [0, 0.1) is 20.8 Å². The summed E-state index contributed by atoms with van der Waals surface area (Å²) in [7, 11) is 0. The molecule has 0 spiro atoms. The van der Waals surface area contributed by atoms with Gasteiger partial charge in [-0.1, -0.05) is 65.2 Å². The number of hydrogen-bond acceptors (Lipinski definition) is 0. The summed E-state index contributed by atoms with van der Waals surface area (Å²) in [5.41, 5.74) is 6.55. The molecule has 0 aromatic heterocycles. The Balaban J connectivity index is 2.19. The molecule has 0 saturated carbocycles. The van der Waals surface area contributed by atoms with Gasteiger partial charge < -0.3 is 0 Å². The third-order valence-corrected chi connectivity index (χ3v) is 3.55. The third-order valence-electron chi connectivity index (χ3n) is 3.55. The molecule has 3 aromatic carbocycles. The molecule has 0 saturated heterocycles. The van der Waals surface area contributed by atoms with Gasteiger partial charge in [-0.3, -0.25) is 0 Å². The van der Waals surface area contributed by atoms with Crippen LogP contribution in [0.3, 0.4) is 0 Å². The molecular formula is C19H18. The van der Waals surface area contributed by atoms with E-state index >= 15 is 0 Å². The number of fused-ring (bicyclic) bond motifs is 1. The molecule has 0 heteroatoms. The highest BCUT2D eigenvalue weighted by molar-refractivity contribution is 5.88. The van der Waals surface area contributed by atoms with Gasteiger partial charge in [0.1, 0.15) is 0 Å². The topological polar surface area (TPSA) is 0 Å². The summed E-state index contributed by atoms with van der Waals surface area (Å²) in [6.45, 7) is 6.45. The predicted molar refractivity (Wildman–Crippen MR) is 83.6 cm³/mol. The number of benzene rings is 3. The second-order valence-electron chi connectivity index (χ2n) is 5.44. The standard InChI is InChI=1S/C19H18/c1-13-4-5-16-6-7-17(12-19(16)9-13)18-10-14(2)8-15(3)11-18/h4-12H,1-3H3. The molecule has 19 heavy (non-hydrogen) atoms. The van der Waals surface area contributed by atoms with Crippen LogP contribution in [0.25, 0.3) is 21.9 Å². The Morgan fingerprint density at radius 1 is 0.474 bits per heavy atom. The maximum absolute atomic E-state index is 2.29. The first-order valence-electron chi connectivity index (χ1n) is 6.71. The van der Waals surface area contributed by atoms with Gasteiger partial charge in [0.2, 0.25) is 0 Å². The predicted octanol–water partition coefficient (Wildman–Crippen LogP) is 5.43. The zero-order valence-electron chi connectivity index (χ0n) is 11.7. The van der Waals surface area contributed by atoms with Crippen molar-refractivity contribution < 1.29 is 0 Å². The molecule has 0 nitrogen and oxygen atoms in total. The van der Waals surface area contributed by atoms with Crippen LogP contribution in [-0.4, -0.2) is 0 Å². The molecule has 0 radical (unpaired) electrons.